The smallest absolute Gasteiger partial charge is 0.325 e. The number of amides is 4. The van der Waals surface area contributed by atoms with Crippen molar-refractivity contribution in [2.75, 3.05) is 19.7 Å². The maximum Gasteiger partial charge on any atom is 0.325 e. The Morgan fingerprint density at radius 2 is 2.00 bits per heavy atom. The number of carbonyl (C=O) groups excluding carboxylic acids is 3. The first-order valence-corrected chi connectivity index (χ1v) is 10.3. The molecule has 0 bridgehead atoms. The number of ether oxygens (including phenoxy) is 1. The third-order valence-corrected chi connectivity index (χ3v) is 4.85. The van der Waals surface area contributed by atoms with E-state index in [1.165, 1.54) is 9.80 Å². The second kappa shape index (κ2) is 12.5. The van der Waals surface area contributed by atoms with Gasteiger partial charge in [-0.3, -0.25) is 14.9 Å². The molecule has 4 amide bonds. The largest absolute Gasteiger partial charge is 0.368 e. The van der Waals surface area contributed by atoms with Crippen LogP contribution in [0.3, 0.4) is 0 Å². The highest BCUT2D eigenvalue weighted by Crippen LogP contribution is 2.18. The van der Waals surface area contributed by atoms with Crippen molar-refractivity contribution in [3.8, 4) is 0 Å². The van der Waals surface area contributed by atoms with Gasteiger partial charge in [-0.25, -0.2) is 4.79 Å². The Morgan fingerprint density at radius 3 is 2.61 bits per heavy atom. The minimum Gasteiger partial charge on any atom is -0.368 e. The van der Waals surface area contributed by atoms with Crippen molar-refractivity contribution < 1.29 is 19.1 Å². The maximum absolute atomic E-state index is 13.1. The molecule has 0 aliphatic carbocycles. The van der Waals surface area contributed by atoms with Crippen LogP contribution in [-0.2, 0) is 14.3 Å². The third kappa shape index (κ3) is 6.60. The van der Waals surface area contributed by atoms with Crippen LogP contribution in [0.25, 0.3) is 0 Å². The van der Waals surface area contributed by atoms with Crippen molar-refractivity contribution in [1.82, 2.24) is 15.1 Å². The topological polar surface area (TPSA) is 105 Å². The maximum atomic E-state index is 13.1. The Bertz CT molecular complexity index is 540. The van der Waals surface area contributed by atoms with Gasteiger partial charge in [0.1, 0.15) is 18.3 Å². The van der Waals surface area contributed by atoms with Gasteiger partial charge in [-0.2, -0.15) is 0 Å². The van der Waals surface area contributed by atoms with E-state index in [2.05, 4.69) is 18.8 Å². The van der Waals surface area contributed by atoms with Gasteiger partial charge >= 0.3 is 6.03 Å². The first kappa shape index (κ1) is 24.1. The van der Waals surface area contributed by atoms with Crippen LogP contribution in [-0.4, -0.2) is 65.7 Å². The minimum absolute atomic E-state index is 0.291. The predicted molar refractivity (Wildman–Crippen MR) is 108 cm³/mol. The fourth-order valence-electron chi connectivity index (χ4n) is 3.17. The van der Waals surface area contributed by atoms with E-state index in [1.807, 2.05) is 6.92 Å². The molecule has 1 saturated heterocycles. The number of carbonyl (C=O) groups is 3. The van der Waals surface area contributed by atoms with Crippen molar-refractivity contribution >= 4 is 17.8 Å². The molecular formula is C20H36N4O4. The summed E-state index contributed by atoms with van der Waals surface area (Å²) in [6.07, 6.45) is 5.10. The Balaban J connectivity index is 3.01. The molecule has 1 fully saturated rings. The number of unbranched alkanes of at least 4 members (excludes halogenated alkanes) is 3. The SMILES string of the molecule is C=CCCOC(C)C(=O)N(CCCCC)C1C(=O)NC(=O)N(CCCC)C1N. The van der Waals surface area contributed by atoms with Gasteiger partial charge in [0.2, 0.25) is 0 Å². The molecule has 0 saturated carbocycles. The monoisotopic (exact) mass is 396 g/mol. The minimum atomic E-state index is -0.927. The van der Waals surface area contributed by atoms with E-state index in [-0.39, 0.29) is 5.91 Å². The van der Waals surface area contributed by atoms with Crippen LogP contribution in [0, 0.1) is 0 Å². The quantitative estimate of drug-likeness (QED) is 0.366. The molecule has 0 aromatic heterocycles. The summed E-state index contributed by atoms with van der Waals surface area (Å²) in [6, 6.07) is -1.43. The zero-order valence-electron chi connectivity index (χ0n) is 17.5. The van der Waals surface area contributed by atoms with Crippen molar-refractivity contribution in [3.05, 3.63) is 12.7 Å². The molecule has 1 aliphatic rings. The molecule has 1 heterocycles. The fourth-order valence-corrected chi connectivity index (χ4v) is 3.17. The van der Waals surface area contributed by atoms with Crippen LogP contribution in [0.1, 0.15) is 59.3 Å². The second-order valence-corrected chi connectivity index (χ2v) is 7.11. The van der Waals surface area contributed by atoms with Crippen LogP contribution in [0.15, 0.2) is 12.7 Å². The Labute approximate surface area is 168 Å². The van der Waals surface area contributed by atoms with Gasteiger partial charge in [0.25, 0.3) is 11.8 Å². The summed E-state index contributed by atoms with van der Waals surface area (Å²) >= 11 is 0. The van der Waals surface area contributed by atoms with Crippen LogP contribution < -0.4 is 11.1 Å². The summed E-state index contributed by atoms with van der Waals surface area (Å²) in [5, 5.41) is 2.36. The zero-order valence-corrected chi connectivity index (χ0v) is 17.5. The molecule has 3 unspecified atom stereocenters. The molecule has 3 atom stereocenters. The first-order valence-electron chi connectivity index (χ1n) is 10.3. The molecule has 160 valence electrons. The average Bonchev–Trinajstić information content (AvgIpc) is 2.66. The lowest BCUT2D eigenvalue weighted by molar-refractivity contribution is -0.152. The average molecular weight is 397 g/mol. The number of nitrogens with one attached hydrogen (secondary N) is 1. The van der Waals surface area contributed by atoms with Crippen molar-refractivity contribution in [3.63, 3.8) is 0 Å². The molecule has 0 aromatic carbocycles. The molecule has 0 aromatic rings. The molecule has 1 rings (SSSR count). The van der Waals surface area contributed by atoms with E-state index in [1.54, 1.807) is 13.0 Å². The van der Waals surface area contributed by atoms with Gasteiger partial charge in [0, 0.05) is 13.1 Å². The molecular weight excluding hydrogens is 360 g/mol. The third-order valence-electron chi connectivity index (χ3n) is 4.85. The highest BCUT2D eigenvalue weighted by atomic mass is 16.5. The van der Waals surface area contributed by atoms with Crippen LogP contribution >= 0.6 is 0 Å². The zero-order chi connectivity index (χ0) is 21.1. The lowest BCUT2D eigenvalue weighted by atomic mass is 10.1. The van der Waals surface area contributed by atoms with Crippen LogP contribution in [0.5, 0.6) is 0 Å². The van der Waals surface area contributed by atoms with E-state index in [0.717, 1.165) is 32.1 Å². The Morgan fingerprint density at radius 1 is 1.32 bits per heavy atom. The molecule has 8 heteroatoms. The standard InChI is InChI=1S/C20H36N4O4/c1-5-8-11-13-23(19(26)15(4)28-14-10-7-3)16-17(21)24(12-9-6-2)20(27)22-18(16)25/h7,15-17H,3,5-6,8-14,21H2,1-2,4H3,(H,22,25,27). The van der Waals surface area contributed by atoms with Gasteiger partial charge in [0.05, 0.1) is 6.61 Å². The highest BCUT2D eigenvalue weighted by Gasteiger charge is 2.44. The summed E-state index contributed by atoms with van der Waals surface area (Å²) in [5.41, 5.74) is 6.31. The molecule has 8 nitrogen and oxygen atoms in total. The molecule has 1 aliphatic heterocycles. The van der Waals surface area contributed by atoms with Gasteiger partial charge in [0.15, 0.2) is 0 Å². The van der Waals surface area contributed by atoms with E-state index in [4.69, 9.17) is 10.5 Å². The molecule has 3 N–H and O–H groups in total. The number of imide groups is 1. The summed E-state index contributed by atoms with van der Waals surface area (Å²) in [7, 11) is 0. The number of urea groups is 1. The van der Waals surface area contributed by atoms with Crippen molar-refractivity contribution in [2.24, 2.45) is 5.73 Å². The fraction of sp³-hybridized carbons (Fsp3) is 0.750. The van der Waals surface area contributed by atoms with Gasteiger partial charge in [-0.15, -0.1) is 6.58 Å². The highest BCUT2D eigenvalue weighted by molar-refractivity contribution is 6.02. The van der Waals surface area contributed by atoms with Gasteiger partial charge < -0.3 is 20.3 Å². The van der Waals surface area contributed by atoms with Crippen LogP contribution in [0.2, 0.25) is 0 Å². The second-order valence-electron chi connectivity index (χ2n) is 7.11. The summed E-state index contributed by atoms with van der Waals surface area (Å²) < 4.78 is 5.59. The molecule has 0 spiro atoms. The normalized spacial score (nSPS) is 20.6. The lowest BCUT2D eigenvalue weighted by Gasteiger charge is -2.43. The predicted octanol–water partition coefficient (Wildman–Crippen LogP) is 1.99. The first-order chi connectivity index (χ1) is 13.4. The number of rotatable bonds is 13. The molecule has 0 radical (unpaired) electrons. The number of nitrogens with zero attached hydrogens (tertiary/aromatic N) is 2. The lowest BCUT2D eigenvalue weighted by Crippen LogP contribution is -2.71. The number of hydrogen-bond donors (Lipinski definition) is 2. The Hall–Kier alpha value is -1.93. The van der Waals surface area contributed by atoms with E-state index >= 15 is 0 Å². The van der Waals surface area contributed by atoms with Gasteiger partial charge in [-0.1, -0.05) is 39.2 Å². The van der Waals surface area contributed by atoms with E-state index in [0.29, 0.717) is 26.1 Å². The summed E-state index contributed by atoms with van der Waals surface area (Å²) in [6.45, 7) is 10.6. The van der Waals surface area contributed by atoms with Crippen molar-refractivity contribution in [1.29, 1.82) is 0 Å². The van der Waals surface area contributed by atoms with Crippen LogP contribution in [0.4, 0.5) is 4.79 Å². The van der Waals surface area contributed by atoms with Crippen molar-refractivity contribution in [2.45, 2.75) is 77.6 Å². The van der Waals surface area contributed by atoms with E-state index in [9.17, 15) is 14.4 Å². The molecule has 28 heavy (non-hydrogen) atoms. The number of nitrogens with two attached hydrogens (primary N) is 1. The summed E-state index contributed by atoms with van der Waals surface area (Å²) in [4.78, 5) is 40.8. The van der Waals surface area contributed by atoms with E-state index < -0.39 is 30.2 Å². The van der Waals surface area contributed by atoms with Gasteiger partial charge in [-0.05, 0) is 26.2 Å². The Kier molecular flexibility index (Phi) is 10.8. The number of hydrogen-bond acceptors (Lipinski definition) is 5. The summed E-state index contributed by atoms with van der Waals surface area (Å²) in [5.74, 6) is -0.825.